The maximum absolute atomic E-state index is 12.4. The van der Waals surface area contributed by atoms with Gasteiger partial charge in [0.1, 0.15) is 5.75 Å². The summed E-state index contributed by atoms with van der Waals surface area (Å²) in [6, 6.07) is 16.1. The quantitative estimate of drug-likeness (QED) is 0.842. The van der Waals surface area contributed by atoms with Gasteiger partial charge in [0, 0.05) is 18.2 Å². The molecule has 1 heterocycles. The van der Waals surface area contributed by atoms with E-state index in [2.05, 4.69) is 34.9 Å². The van der Waals surface area contributed by atoms with Crippen LogP contribution >= 0.6 is 12.4 Å². The average Bonchev–Trinajstić information content (AvgIpc) is 2.63. The molecule has 2 aromatic carbocycles. The Morgan fingerprint density at radius 2 is 1.88 bits per heavy atom. The lowest BCUT2D eigenvalue weighted by Crippen LogP contribution is -2.38. The normalized spacial score (nSPS) is 18.8. The molecule has 1 atom stereocenters. The first-order valence-electron chi connectivity index (χ1n) is 9.16. The van der Waals surface area contributed by atoms with E-state index in [4.69, 9.17) is 4.74 Å². The summed E-state index contributed by atoms with van der Waals surface area (Å²) in [6.07, 6.45) is 4.93. The monoisotopic (exact) mass is 372 g/mol. The molecule has 1 saturated carbocycles. The van der Waals surface area contributed by atoms with Crippen molar-refractivity contribution in [1.29, 1.82) is 0 Å². The van der Waals surface area contributed by atoms with Crippen LogP contribution in [-0.2, 0) is 6.42 Å². The van der Waals surface area contributed by atoms with E-state index in [-0.39, 0.29) is 24.4 Å². The summed E-state index contributed by atoms with van der Waals surface area (Å²) in [6.45, 7) is 1.54. The van der Waals surface area contributed by atoms with Crippen molar-refractivity contribution in [3.05, 3.63) is 65.2 Å². The first-order chi connectivity index (χ1) is 12.3. The molecule has 1 aliphatic carbocycles. The Kier molecular flexibility index (Phi) is 6.17. The molecule has 2 aromatic rings. The molecule has 2 aliphatic rings. The fourth-order valence-electron chi connectivity index (χ4n) is 3.44. The number of benzene rings is 2. The number of nitrogens with one attached hydrogen (secondary N) is 2. The Labute approximate surface area is 160 Å². The first kappa shape index (κ1) is 18.7. The molecule has 0 saturated heterocycles. The number of amides is 1. The number of rotatable bonds is 5. The molecule has 4 nitrogen and oxygen atoms in total. The highest BCUT2D eigenvalue weighted by Gasteiger charge is 2.21. The number of halogens is 1. The lowest BCUT2D eigenvalue weighted by Gasteiger charge is -2.27. The summed E-state index contributed by atoms with van der Waals surface area (Å²) < 4.78 is 5.84. The van der Waals surface area contributed by atoms with Crippen LogP contribution in [-0.4, -0.2) is 25.1 Å². The van der Waals surface area contributed by atoms with E-state index in [1.807, 2.05) is 24.3 Å². The molecular weight excluding hydrogens is 348 g/mol. The molecule has 0 aromatic heterocycles. The molecule has 1 unspecified atom stereocenters. The van der Waals surface area contributed by atoms with Gasteiger partial charge in [0.15, 0.2) is 0 Å². The van der Waals surface area contributed by atoms with Crippen molar-refractivity contribution >= 4 is 18.3 Å². The van der Waals surface area contributed by atoms with Crippen molar-refractivity contribution in [2.24, 2.45) is 0 Å². The molecule has 4 rings (SSSR count). The summed E-state index contributed by atoms with van der Waals surface area (Å²) in [4.78, 5) is 12.4. The van der Waals surface area contributed by atoms with Crippen LogP contribution in [0.15, 0.2) is 48.5 Å². The molecule has 5 heteroatoms. The third kappa shape index (κ3) is 4.19. The molecule has 2 N–H and O–H groups in total. The van der Waals surface area contributed by atoms with Crippen molar-refractivity contribution in [3.8, 4) is 5.75 Å². The largest absolute Gasteiger partial charge is 0.490 e. The van der Waals surface area contributed by atoms with E-state index in [0.717, 1.165) is 31.6 Å². The summed E-state index contributed by atoms with van der Waals surface area (Å²) >= 11 is 0. The molecule has 1 aliphatic heterocycles. The Balaban J connectivity index is 0.00000196. The van der Waals surface area contributed by atoms with E-state index >= 15 is 0 Å². The third-order valence-corrected chi connectivity index (χ3v) is 5.15. The van der Waals surface area contributed by atoms with E-state index in [0.29, 0.717) is 18.2 Å². The third-order valence-electron chi connectivity index (χ3n) is 5.15. The highest BCUT2D eigenvalue weighted by Crippen LogP contribution is 2.25. The number of hydrogen-bond acceptors (Lipinski definition) is 3. The molecule has 26 heavy (non-hydrogen) atoms. The number of carbonyl (C=O) groups excluding carboxylic acids is 1. The second kappa shape index (κ2) is 8.56. The van der Waals surface area contributed by atoms with Crippen molar-refractivity contribution in [1.82, 2.24) is 10.6 Å². The van der Waals surface area contributed by atoms with Gasteiger partial charge in [-0.1, -0.05) is 24.3 Å². The van der Waals surface area contributed by atoms with E-state index in [1.54, 1.807) is 0 Å². The molecule has 1 amide bonds. The summed E-state index contributed by atoms with van der Waals surface area (Å²) in [5, 5.41) is 6.54. The van der Waals surface area contributed by atoms with Crippen LogP contribution in [0, 0.1) is 0 Å². The topological polar surface area (TPSA) is 50.4 Å². The number of ether oxygens (including phenoxy) is 1. The molecule has 0 radical (unpaired) electrons. The van der Waals surface area contributed by atoms with Crippen LogP contribution in [0.4, 0.5) is 0 Å². The fourth-order valence-corrected chi connectivity index (χ4v) is 3.44. The average molecular weight is 373 g/mol. The van der Waals surface area contributed by atoms with Crippen LogP contribution in [0.5, 0.6) is 5.75 Å². The van der Waals surface area contributed by atoms with Gasteiger partial charge in [-0.05, 0) is 67.6 Å². The minimum absolute atomic E-state index is 0. The smallest absolute Gasteiger partial charge is 0.251 e. The zero-order chi connectivity index (χ0) is 17.1. The molecule has 0 spiro atoms. The fraction of sp³-hybridized carbons (Fsp3) is 0.381. The minimum Gasteiger partial charge on any atom is -0.490 e. The predicted octanol–water partition coefficient (Wildman–Crippen LogP) is 3.66. The highest BCUT2D eigenvalue weighted by molar-refractivity contribution is 5.94. The SMILES string of the molecule is Cl.O=C(NCC1NCCc2ccccc21)c1ccc(OC2CCC2)cc1. The van der Waals surface area contributed by atoms with E-state index < -0.39 is 0 Å². The maximum atomic E-state index is 12.4. The van der Waals surface area contributed by atoms with Gasteiger partial charge in [-0.3, -0.25) is 4.79 Å². The van der Waals surface area contributed by atoms with Gasteiger partial charge in [0.2, 0.25) is 0 Å². The standard InChI is InChI=1S/C21H24N2O2.ClH/c24-21(16-8-10-18(11-9-16)25-17-5-3-6-17)23-14-20-19-7-2-1-4-15(19)12-13-22-20;/h1-2,4,7-11,17,20,22H,3,5-6,12-14H2,(H,23,24);1H. The molecule has 0 bridgehead atoms. The van der Waals surface area contributed by atoms with Crippen molar-refractivity contribution in [2.75, 3.05) is 13.1 Å². The van der Waals surface area contributed by atoms with E-state index in [9.17, 15) is 4.79 Å². The Hall–Kier alpha value is -2.04. The molecule has 1 fully saturated rings. The Morgan fingerprint density at radius 3 is 2.62 bits per heavy atom. The number of fused-ring (bicyclic) bond motifs is 1. The summed E-state index contributed by atoms with van der Waals surface area (Å²) in [7, 11) is 0. The van der Waals surface area contributed by atoms with Crippen LogP contribution < -0.4 is 15.4 Å². The van der Waals surface area contributed by atoms with Crippen LogP contribution in [0.2, 0.25) is 0 Å². The van der Waals surface area contributed by atoms with Gasteiger partial charge < -0.3 is 15.4 Å². The van der Waals surface area contributed by atoms with Gasteiger partial charge in [-0.25, -0.2) is 0 Å². The number of hydrogen-bond donors (Lipinski definition) is 2. The summed E-state index contributed by atoms with van der Waals surface area (Å²) in [5.74, 6) is 0.809. The highest BCUT2D eigenvalue weighted by atomic mass is 35.5. The first-order valence-corrected chi connectivity index (χ1v) is 9.16. The Morgan fingerprint density at radius 1 is 1.12 bits per heavy atom. The molecule has 138 valence electrons. The van der Waals surface area contributed by atoms with Gasteiger partial charge in [0.05, 0.1) is 6.10 Å². The van der Waals surface area contributed by atoms with Crippen molar-refractivity contribution in [3.63, 3.8) is 0 Å². The zero-order valence-corrected chi connectivity index (χ0v) is 15.6. The van der Waals surface area contributed by atoms with Gasteiger partial charge >= 0.3 is 0 Å². The van der Waals surface area contributed by atoms with E-state index in [1.165, 1.54) is 17.5 Å². The van der Waals surface area contributed by atoms with Gasteiger partial charge in [-0.2, -0.15) is 0 Å². The second-order valence-corrected chi connectivity index (χ2v) is 6.86. The van der Waals surface area contributed by atoms with Crippen LogP contribution in [0.25, 0.3) is 0 Å². The lowest BCUT2D eigenvalue weighted by molar-refractivity contribution is 0.0949. The van der Waals surface area contributed by atoms with Gasteiger partial charge in [0.25, 0.3) is 5.91 Å². The van der Waals surface area contributed by atoms with Crippen molar-refractivity contribution in [2.45, 2.75) is 37.8 Å². The zero-order valence-electron chi connectivity index (χ0n) is 14.7. The van der Waals surface area contributed by atoms with Crippen molar-refractivity contribution < 1.29 is 9.53 Å². The Bertz CT molecular complexity index is 744. The second-order valence-electron chi connectivity index (χ2n) is 6.86. The summed E-state index contributed by atoms with van der Waals surface area (Å²) in [5.41, 5.74) is 3.33. The predicted molar refractivity (Wildman–Crippen MR) is 105 cm³/mol. The maximum Gasteiger partial charge on any atom is 0.251 e. The van der Waals surface area contributed by atoms with Gasteiger partial charge in [-0.15, -0.1) is 12.4 Å². The lowest BCUT2D eigenvalue weighted by atomic mass is 9.94. The van der Waals surface area contributed by atoms with Crippen LogP contribution in [0.3, 0.4) is 0 Å². The van der Waals surface area contributed by atoms with Crippen LogP contribution in [0.1, 0.15) is 46.8 Å². The minimum atomic E-state index is -0.0416. The molecular formula is C21H25ClN2O2. The number of carbonyl (C=O) groups is 1.